The van der Waals surface area contributed by atoms with Gasteiger partial charge in [-0.15, -0.1) is 0 Å². The molecule has 108 valence electrons. The number of fused-ring (bicyclic) bond motifs is 1. The molecule has 3 rings (SSSR count). The normalized spacial score (nSPS) is 16.7. The lowest BCUT2D eigenvalue weighted by Gasteiger charge is -2.17. The van der Waals surface area contributed by atoms with Crippen molar-refractivity contribution in [2.75, 3.05) is 0 Å². The minimum atomic E-state index is -0.422. The Bertz CT molecular complexity index is 704. The fourth-order valence-electron chi connectivity index (χ4n) is 2.45. The Morgan fingerprint density at radius 2 is 2.19 bits per heavy atom. The van der Waals surface area contributed by atoms with E-state index in [1.165, 1.54) is 0 Å². The SMILES string of the molecule is NC(=NO)C(NC(=O)c1cccc2ncccc12)C1CC1. The van der Waals surface area contributed by atoms with Gasteiger partial charge in [0.25, 0.3) is 5.91 Å². The van der Waals surface area contributed by atoms with Crippen molar-refractivity contribution in [1.29, 1.82) is 0 Å². The molecule has 6 nitrogen and oxygen atoms in total. The number of rotatable bonds is 4. The number of hydrogen-bond donors (Lipinski definition) is 3. The number of amidine groups is 1. The molecule has 0 spiro atoms. The molecule has 1 aromatic carbocycles. The van der Waals surface area contributed by atoms with Crippen molar-refractivity contribution in [2.24, 2.45) is 16.8 Å². The maximum absolute atomic E-state index is 12.5. The summed E-state index contributed by atoms with van der Waals surface area (Å²) >= 11 is 0. The van der Waals surface area contributed by atoms with Gasteiger partial charge in [0, 0.05) is 17.1 Å². The Labute approximate surface area is 121 Å². The lowest BCUT2D eigenvalue weighted by atomic mass is 10.1. The maximum atomic E-state index is 12.5. The minimum Gasteiger partial charge on any atom is -0.409 e. The van der Waals surface area contributed by atoms with Gasteiger partial charge in [0.05, 0.1) is 11.6 Å². The van der Waals surface area contributed by atoms with Crippen molar-refractivity contribution in [3.8, 4) is 0 Å². The molecule has 0 aliphatic heterocycles. The summed E-state index contributed by atoms with van der Waals surface area (Å²) in [6, 6.07) is 8.62. The highest BCUT2D eigenvalue weighted by atomic mass is 16.4. The lowest BCUT2D eigenvalue weighted by Crippen LogP contribution is -2.46. The van der Waals surface area contributed by atoms with Crippen molar-refractivity contribution in [2.45, 2.75) is 18.9 Å². The Kier molecular flexibility index (Phi) is 3.43. The van der Waals surface area contributed by atoms with Crippen molar-refractivity contribution in [1.82, 2.24) is 10.3 Å². The van der Waals surface area contributed by atoms with Gasteiger partial charge in [0.1, 0.15) is 0 Å². The van der Waals surface area contributed by atoms with Gasteiger partial charge < -0.3 is 16.3 Å². The average Bonchev–Trinajstić information content (AvgIpc) is 3.35. The first-order chi connectivity index (χ1) is 10.2. The van der Waals surface area contributed by atoms with E-state index >= 15 is 0 Å². The predicted molar refractivity (Wildman–Crippen MR) is 79.1 cm³/mol. The van der Waals surface area contributed by atoms with Gasteiger partial charge >= 0.3 is 0 Å². The molecule has 1 aliphatic rings. The predicted octanol–water partition coefficient (Wildman–Crippen LogP) is 1.49. The molecule has 4 N–H and O–H groups in total. The van der Waals surface area contributed by atoms with E-state index in [2.05, 4.69) is 15.5 Å². The van der Waals surface area contributed by atoms with Gasteiger partial charge in [-0.05, 0) is 37.0 Å². The van der Waals surface area contributed by atoms with E-state index in [1.54, 1.807) is 24.4 Å². The van der Waals surface area contributed by atoms with Crippen LogP contribution in [-0.4, -0.2) is 28.0 Å². The van der Waals surface area contributed by atoms with Crippen LogP contribution in [0.4, 0.5) is 0 Å². The quantitative estimate of drug-likeness (QED) is 0.343. The zero-order chi connectivity index (χ0) is 14.8. The monoisotopic (exact) mass is 284 g/mol. The molecule has 0 radical (unpaired) electrons. The highest BCUT2D eigenvalue weighted by Gasteiger charge is 2.35. The number of oxime groups is 1. The standard InChI is InChI=1S/C15H16N4O2/c16-14(19-21)13(9-6-7-9)18-15(20)11-3-1-5-12-10(11)4-2-8-17-12/h1-5,8-9,13,21H,6-7H2,(H2,16,19)(H,18,20). The number of benzene rings is 1. The van der Waals surface area contributed by atoms with Gasteiger partial charge in [-0.25, -0.2) is 0 Å². The number of nitrogens with zero attached hydrogens (tertiary/aromatic N) is 2. The van der Waals surface area contributed by atoms with E-state index in [1.807, 2.05) is 12.1 Å². The molecule has 1 unspecified atom stereocenters. The Balaban J connectivity index is 1.90. The molecule has 1 amide bonds. The van der Waals surface area contributed by atoms with Crippen molar-refractivity contribution >= 4 is 22.6 Å². The van der Waals surface area contributed by atoms with Gasteiger partial charge in [-0.3, -0.25) is 9.78 Å². The van der Waals surface area contributed by atoms with Crippen LogP contribution in [0.5, 0.6) is 0 Å². The summed E-state index contributed by atoms with van der Waals surface area (Å²) in [7, 11) is 0. The summed E-state index contributed by atoms with van der Waals surface area (Å²) in [6.07, 6.45) is 3.63. The molecule has 1 aromatic heterocycles. The highest BCUT2D eigenvalue weighted by molar-refractivity contribution is 6.07. The summed E-state index contributed by atoms with van der Waals surface area (Å²) in [5.74, 6) is 0.0549. The maximum Gasteiger partial charge on any atom is 0.252 e. The highest BCUT2D eigenvalue weighted by Crippen LogP contribution is 2.33. The first kappa shape index (κ1) is 13.4. The molecule has 1 fully saturated rings. The van der Waals surface area contributed by atoms with E-state index in [9.17, 15) is 4.79 Å². The molecule has 21 heavy (non-hydrogen) atoms. The summed E-state index contributed by atoms with van der Waals surface area (Å²) in [5, 5.41) is 15.5. The van der Waals surface area contributed by atoms with Crippen molar-refractivity contribution in [3.05, 3.63) is 42.1 Å². The van der Waals surface area contributed by atoms with Gasteiger partial charge in [-0.2, -0.15) is 0 Å². The molecule has 0 bridgehead atoms. The molecule has 1 heterocycles. The smallest absolute Gasteiger partial charge is 0.252 e. The minimum absolute atomic E-state index is 0.0456. The van der Waals surface area contributed by atoms with Crippen LogP contribution >= 0.6 is 0 Å². The molecule has 1 aliphatic carbocycles. The van der Waals surface area contributed by atoms with Crippen LogP contribution in [0.15, 0.2) is 41.7 Å². The fraction of sp³-hybridized carbons (Fsp3) is 0.267. The lowest BCUT2D eigenvalue weighted by molar-refractivity contribution is 0.0944. The Morgan fingerprint density at radius 3 is 2.90 bits per heavy atom. The second-order valence-electron chi connectivity index (χ2n) is 5.19. The zero-order valence-electron chi connectivity index (χ0n) is 11.4. The topological polar surface area (TPSA) is 101 Å². The second-order valence-corrected chi connectivity index (χ2v) is 5.19. The van der Waals surface area contributed by atoms with Gasteiger partial charge in [0.15, 0.2) is 5.84 Å². The first-order valence-electron chi connectivity index (χ1n) is 6.82. The molecular weight excluding hydrogens is 268 g/mol. The van der Waals surface area contributed by atoms with Crippen LogP contribution in [0.2, 0.25) is 0 Å². The van der Waals surface area contributed by atoms with Crippen molar-refractivity contribution in [3.63, 3.8) is 0 Å². The number of carbonyl (C=O) groups is 1. The number of hydrogen-bond acceptors (Lipinski definition) is 4. The van der Waals surface area contributed by atoms with Crippen LogP contribution < -0.4 is 11.1 Å². The summed E-state index contributed by atoms with van der Waals surface area (Å²) < 4.78 is 0. The largest absolute Gasteiger partial charge is 0.409 e. The van der Waals surface area contributed by atoms with Gasteiger partial charge in [0.2, 0.25) is 0 Å². The second kappa shape index (κ2) is 5.40. The van der Waals surface area contributed by atoms with E-state index in [0.717, 1.165) is 23.7 Å². The van der Waals surface area contributed by atoms with E-state index in [4.69, 9.17) is 10.9 Å². The van der Waals surface area contributed by atoms with Crippen molar-refractivity contribution < 1.29 is 10.0 Å². The zero-order valence-corrected chi connectivity index (χ0v) is 11.4. The van der Waals surface area contributed by atoms with Crippen LogP contribution in [0, 0.1) is 5.92 Å². The third-order valence-corrected chi connectivity index (χ3v) is 3.70. The summed E-state index contributed by atoms with van der Waals surface area (Å²) in [4.78, 5) is 16.7. The molecule has 0 saturated heterocycles. The fourth-order valence-corrected chi connectivity index (χ4v) is 2.45. The third kappa shape index (κ3) is 2.65. The average molecular weight is 284 g/mol. The van der Waals surface area contributed by atoms with E-state index < -0.39 is 6.04 Å². The molecule has 1 atom stereocenters. The third-order valence-electron chi connectivity index (χ3n) is 3.70. The van der Waals surface area contributed by atoms with Crippen LogP contribution in [0.3, 0.4) is 0 Å². The number of pyridine rings is 1. The van der Waals surface area contributed by atoms with E-state index in [-0.39, 0.29) is 17.7 Å². The number of amides is 1. The Morgan fingerprint density at radius 1 is 1.38 bits per heavy atom. The molecular formula is C15H16N4O2. The number of aromatic nitrogens is 1. The molecule has 1 saturated carbocycles. The number of carbonyl (C=O) groups excluding carboxylic acids is 1. The van der Waals surface area contributed by atoms with Crippen LogP contribution in [0.25, 0.3) is 10.9 Å². The number of nitrogens with two attached hydrogens (primary N) is 1. The van der Waals surface area contributed by atoms with Crippen LogP contribution in [0.1, 0.15) is 23.2 Å². The number of nitrogens with one attached hydrogen (secondary N) is 1. The Hall–Kier alpha value is -2.63. The van der Waals surface area contributed by atoms with Crippen LogP contribution in [-0.2, 0) is 0 Å². The van der Waals surface area contributed by atoms with E-state index in [0.29, 0.717) is 5.56 Å². The first-order valence-corrected chi connectivity index (χ1v) is 6.82. The molecule has 6 heteroatoms. The summed E-state index contributed by atoms with van der Waals surface area (Å²) in [5.41, 5.74) is 6.97. The van der Waals surface area contributed by atoms with Gasteiger partial charge in [-0.1, -0.05) is 17.3 Å². The molecule has 2 aromatic rings. The summed E-state index contributed by atoms with van der Waals surface area (Å²) in [6.45, 7) is 0.